The number of thiazole rings is 1. The number of aryl methyl sites for hydroxylation is 1. The Morgan fingerprint density at radius 2 is 2.42 bits per heavy atom. The number of carbonyl (C=O) groups is 2. The Morgan fingerprint density at radius 1 is 1.63 bits per heavy atom. The molecule has 2 aliphatic heterocycles. The van der Waals surface area contributed by atoms with Crippen LogP contribution < -0.4 is 5.32 Å². The quantitative estimate of drug-likeness (QED) is 0.905. The van der Waals surface area contributed by atoms with Crippen molar-refractivity contribution in [3.63, 3.8) is 0 Å². The first-order valence-corrected chi connectivity index (χ1v) is 7.99. The van der Waals surface area contributed by atoms with Gasteiger partial charge in [-0.05, 0) is 20.3 Å². The summed E-state index contributed by atoms with van der Waals surface area (Å²) in [6.45, 7) is 3.99. The minimum atomic E-state index is -0.366. The molecule has 5 nitrogen and oxygen atoms in total. The zero-order valence-corrected chi connectivity index (χ0v) is 12.4. The number of aromatic nitrogens is 1. The SMILES string of the molecule is Cc1cnc(NC(=O)[C@@H]2CS[C@@]3(C)CCC(=O)N23)s1. The fourth-order valence-electron chi connectivity index (χ4n) is 2.62. The van der Waals surface area contributed by atoms with Crippen molar-refractivity contribution < 1.29 is 9.59 Å². The summed E-state index contributed by atoms with van der Waals surface area (Å²) < 4.78 is 0. The third kappa shape index (κ3) is 2.14. The van der Waals surface area contributed by atoms with Crippen LogP contribution in [0.1, 0.15) is 24.6 Å². The number of nitrogens with zero attached hydrogens (tertiary/aromatic N) is 2. The van der Waals surface area contributed by atoms with Gasteiger partial charge in [0.2, 0.25) is 11.8 Å². The Bertz CT molecular complexity index is 545. The van der Waals surface area contributed by atoms with Gasteiger partial charge in [-0.3, -0.25) is 9.59 Å². The highest BCUT2D eigenvalue weighted by atomic mass is 32.2. The Labute approximate surface area is 119 Å². The van der Waals surface area contributed by atoms with E-state index < -0.39 is 0 Å². The number of amides is 2. The normalized spacial score (nSPS) is 29.7. The highest BCUT2D eigenvalue weighted by Gasteiger charge is 2.52. The zero-order chi connectivity index (χ0) is 13.6. The molecule has 1 aromatic heterocycles. The van der Waals surface area contributed by atoms with Crippen molar-refractivity contribution in [1.29, 1.82) is 0 Å². The van der Waals surface area contributed by atoms with Gasteiger partial charge in [-0.25, -0.2) is 4.98 Å². The molecule has 0 aliphatic carbocycles. The number of hydrogen-bond acceptors (Lipinski definition) is 5. The van der Waals surface area contributed by atoms with Crippen LogP contribution in [-0.4, -0.2) is 38.4 Å². The molecule has 0 aromatic carbocycles. The molecule has 3 heterocycles. The summed E-state index contributed by atoms with van der Waals surface area (Å²) in [5.74, 6) is 0.627. The number of fused-ring (bicyclic) bond motifs is 1. The monoisotopic (exact) mass is 297 g/mol. The van der Waals surface area contributed by atoms with E-state index in [1.807, 2.05) is 13.8 Å². The Morgan fingerprint density at radius 3 is 3.11 bits per heavy atom. The minimum absolute atomic E-state index is 0.0861. The van der Waals surface area contributed by atoms with Crippen LogP contribution in [0.4, 0.5) is 5.13 Å². The molecule has 2 amide bonds. The molecule has 19 heavy (non-hydrogen) atoms. The van der Waals surface area contributed by atoms with Gasteiger partial charge in [-0.1, -0.05) is 0 Å². The lowest BCUT2D eigenvalue weighted by atomic mass is 10.2. The van der Waals surface area contributed by atoms with Crippen LogP contribution in [0.15, 0.2) is 6.20 Å². The summed E-state index contributed by atoms with van der Waals surface area (Å²) in [6, 6.07) is -0.366. The largest absolute Gasteiger partial charge is 0.315 e. The minimum Gasteiger partial charge on any atom is -0.315 e. The predicted octanol–water partition coefficient (Wildman–Crippen LogP) is 1.84. The lowest BCUT2D eigenvalue weighted by molar-refractivity contribution is -0.135. The van der Waals surface area contributed by atoms with Gasteiger partial charge in [-0.2, -0.15) is 0 Å². The lowest BCUT2D eigenvalue weighted by Crippen LogP contribution is -2.48. The average Bonchev–Trinajstić information content (AvgIpc) is 2.97. The van der Waals surface area contributed by atoms with Gasteiger partial charge < -0.3 is 10.2 Å². The topological polar surface area (TPSA) is 62.3 Å². The van der Waals surface area contributed by atoms with Crippen molar-refractivity contribution in [3.05, 3.63) is 11.1 Å². The van der Waals surface area contributed by atoms with Gasteiger partial charge in [0, 0.05) is 23.2 Å². The first kappa shape index (κ1) is 12.9. The molecule has 0 spiro atoms. The van der Waals surface area contributed by atoms with E-state index in [1.54, 1.807) is 22.9 Å². The van der Waals surface area contributed by atoms with Crippen molar-refractivity contribution in [2.45, 2.75) is 37.6 Å². The van der Waals surface area contributed by atoms with Crippen molar-refractivity contribution in [2.75, 3.05) is 11.1 Å². The van der Waals surface area contributed by atoms with Gasteiger partial charge in [0.05, 0.1) is 4.87 Å². The standard InChI is InChI=1S/C12H15N3O2S2/c1-7-5-13-11(19-7)14-10(17)8-6-18-12(2)4-3-9(16)15(8)12/h5,8H,3-4,6H2,1-2H3,(H,13,14,17)/t8-,12-/m0/s1. The number of carbonyl (C=O) groups excluding carboxylic acids is 2. The molecule has 2 aliphatic rings. The smallest absolute Gasteiger partial charge is 0.249 e. The van der Waals surface area contributed by atoms with Crippen LogP contribution in [-0.2, 0) is 9.59 Å². The molecule has 3 rings (SSSR count). The number of hydrogen-bond donors (Lipinski definition) is 1. The molecule has 1 N–H and O–H groups in total. The molecule has 2 atom stereocenters. The van der Waals surface area contributed by atoms with E-state index in [9.17, 15) is 9.59 Å². The molecular formula is C12H15N3O2S2. The van der Waals surface area contributed by atoms with E-state index >= 15 is 0 Å². The molecule has 0 unspecified atom stereocenters. The molecule has 0 bridgehead atoms. The predicted molar refractivity (Wildman–Crippen MR) is 76.2 cm³/mol. The fourth-order valence-corrected chi connectivity index (χ4v) is 4.72. The molecule has 1 aromatic rings. The third-order valence-corrected chi connectivity index (χ3v) is 5.93. The van der Waals surface area contributed by atoms with Crippen molar-refractivity contribution in [3.8, 4) is 0 Å². The van der Waals surface area contributed by atoms with Gasteiger partial charge in [0.25, 0.3) is 0 Å². The van der Waals surface area contributed by atoms with E-state index in [0.29, 0.717) is 17.3 Å². The first-order chi connectivity index (χ1) is 8.99. The number of anilines is 1. The summed E-state index contributed by atoms with van der Waals surface area (Å²) in [5, 5.41) is 3.42. The molecule has 0 radical (unpaired) electrons. The van der Waals surface area contributed by atoms with Crippen LogP contribution in [0.2, 0.25) is 0 Å². The third-order valence-electron chi connectivity index (χ3n) is 3.60. The van der Waals surface area contributed by atoms with Crippen LogP contribution in [0.3, 0.4) is 0 Å². The van der Waals surface area contributed by atoms with E-state index in [4.69, 9.17) is 0 Å². The second-order valence-corrected chi connectivity index (χ2v) is 7.77. The second-order valence-electron chi connectivity index (χ2n) is 5.03. The van der Waals surface area contributed by atoms with Crippen molar-refractivity contribution in [1.82, 2.24) is 9.88 Å². The summed E-state index contributed by atoms with van der Waals surface area (Å²) in [7, 11) is 0. The van der Waals surface area contributed by atoms with E-state index in [-0.39, 0.29) is 22.7 Å². The Balaban J connectivity index is 1.76. The average molecular weight is 297 g/mol. The van der Waals surface area contributed by atoms with E-state index in [1.165, 1.54) is 11.3 Å². The molecule has 0 saturated carbocycles. The maximum absolute atomic E-state index is 12.3. The summed E-state index contributed by atoms with van der Waals surface area (Å²) in [6.07, 6.45) is 3.11. The maximum atomic E-state index is 12.3. The summed E-state index contributed by atoms with van der Waals surface area (Å²) in [4.78, 5) is 31.0. The van der Waals surface area contributed by atoms with Crippen LogP contribution >= 0.6 is 23.1 Å². The van der Waals surface area contributed by atoms with Crippen LogP contribution in [0, 0.1) is 6.92 Å². The van der Waals surface area contributed by atoms with Gasteiger partial charge >= 0.3 is 0 Å². The molecule has 7 heteroatoms. The Hall–Kier alpha value is -1.08. The van der Waals surface area contributed by atoms with Crippen molar-refractivity contribution >= 4 is 40.0 Å². The number of thioether (sulfide) groups is 1. The summed E-state index contributed by atoms with van der Waals surface area (Å²) in [5.41, 5.74) is 0. The number of nitrogens with one attached hydrogen (secondary N) is 1. The molecular weight excluding hydrogens is 282 g/mol. The maximum Gasteiger partial charge on any atom is 0.249 e. The fraction of sp³-hybridized carbons (Fsp3) is 0.583. The van der Waals surface area contributed by atoms with Gasteiger partial charge in [0.1, 0.15) is 6.04 Å². The second kappa shape index (κ2) is 4.49. The van der Waals surface area contributed by atoms with Gasteiger partial charge in [-0.15, -0.1) is 23.1 Å². The van der Waals surface area contributed by atoms with Gasteiger partial charge in [0.15, 0.2) is 5.13 Å². The van der Waals surface area contributed by atoms with E-state index in [2.05, 4.69) is 10.3 Å². The highest BCUT2D eigenvalue weighted by molar-refractivity contribution is 8.01. The Kier molecular flexibility index (Phi) is 3.05. The molecule has 102 valence electrons. The van der Waals surface area contributed by atoms with E-state index in [0.717, 1.165) is 11.3 Å². The molecule has 2 fully saturated rings. The number of rotatable bonds is 2. The molecule has 2 saturated heterocycles. The zero-order valence-electron chi connectivity index (χ0n) is 10.8. The lowest BCUT2D eigenvalue weighted by Gasteiger charge is -2.29. The van der Waals surface area contributed by atoms with Crippen molar-refractivity contribution in [2.24, 2.45) is 0 Å². The highest BCUT2D eigenvalue weighted by Crippen LogP contribution is 2.47. The van der Waals surface area contributed by atoms with Crippen LogP contribution in [0.5, 0.6) is 0 Å². The summed E-state index contributed by atoms with van der Waals surface area (Å²) >= 11 is 3.15. The first-order valence-electron chi connectivity index (χ1n) is 6.19. The van der Waals surface area contributed by atoms with Crippen LogP contribution in [0.25, 0.3) is 0 Å².